The van der Waals surface area contributed by atoms with Crippen LogP contribution < -0.4 is 40.3 Å². The smallest absolute Gasteiger partial charge is 0.224 e. The molecule has 252 valence electrons. The molecule has 1 aromatic heterocycles. The van der Waals surface area contributed by atoms with Crippen molar-refractivity contribution in [3.05, 3.63) is 69.4 Å². The minimum absolute atomic E-state index is 0.0532. The van der Waals surface area contributed by atoms with Crippen molar-refractivity contribution in [3.8, 4) is 45.4 Å². The van der Waals surface area contributed by atoms with Gasteiger partial charge in [-0.25, -0.2) is 0 Å². The molecule has 3 amide bonds. The highest BCUT2D eigenvalue weighted by molar-refractivity contribution is 5.96. The molecule has 1 heterocycles. The molecule has 3 aromatic carbocycles. The second-order valence-corrected chi connectivity index (χ2v) is 11.4. The topological polar surface area (TPSA) is 154 Å². The lowest BCUT2D eigenvalue weighted by Gasteiger charge is -2.20. The number of hydrogen-bond donors (Lipinski definition) is 3. The molecule has 0 unspecified atom stereocenters. The first-order chi connectivity index (χ1) is 23.1. The van der Waals surface area contributed by atoms with E-state index in [1.54, 1.807) is 38.5 Å². The lowest BCUT2D eigenvalue weighted by atomic mass is 9.94. The first kappa shape index (κ1) is 33.8. The van der Waals surface area contributed by atoms with Gasteiger partial charge in [0.15, 0.2) is 17.1 Å². The van der Waals surface area contributed by atoms with E-state index in [0.29, 0.717) is 74.8 Å². The van der Waals surface area contributed by atoms with Gasteiger partial charge < -0.3 is 39.3 Å². The van der Waals surface area contributed by atoms with Crippen molar-refractivity contribution in [2.45, 2.75) is 39.2 Å². The minimum atomic E-state index is -0.516. The van der Waals surface area contributed by atoms with Gasteiger partial charge in [-0.05, 0) is 72.0 Å². The Kier molecular flexibility index (Phi) is 10.2. The molecule has 12 heteroatoms. The van der Waals surface area contributed by atoms with E-state index in [1.165, 1.54) is 34.1 Å². The average molecular weight is 658 g/mol. The molecule has 1 atom stereocenters. The van der Waals surface area contributed by atoms with Gasteiger partial charge >= 0.3 is 0 Å². The van der Waals surface area contributed by atoms with Crippen LogP contribution in [0, 0.1) is 0 Å². The third-order valence-corrected chi connectivity index (χ3v) is 8.30. The lowest BCUT2D eigenvalue weighted by Crippen LogP contribution is -2.34. The molecule has 0 fully saturated rings. The SMILES string of the molecule is COc1ccc(-c2oc3c(=O)cc4c(cc3c2CC(=O)NCCNC(C)=O)-c2c(cc(OC)c(OC)c2OC)CC[C@@H]4NC(C)=O)cc1. The molecule has 0 radical (unpaired) electrons. The zero-order chi connectivity index (χ0) is 34.5. The highest BCUT2D eigenvalue weighted by Crippen LogP contribution is 2.51. The summed E-state index contributed by atoms with van der Waals surface area (Å²) in [6.07, 6.45) is 0.889. The predicted molar refractivity (Wildman–Crippen MR) is 180 cm³/mol. The summed E-state index contributed by atoms with van der Waals surface area (Å²) in [5.74, 6) is 1.45. The summed E-state index contributed by atoms with van der Waals surface area (Å²) in [7, 11) is 6.15. The van der Waals surface area contributed by atoms with Crippen LogP contribution in [0.2, 0.25) is 0 Å². The second kappa shape index (κ2) is 14.5. The summed E-state index contributed by atoms with van der Waals surface area (Å²) in [4.78, 5) is 51.2. The summed E-state index contributed by atoms with van der Waals surface area (Å²) in [6.45, 7) is 3.31. The summed E-state index contributed by atoms with van der Waals surface area (Å²) < 4.78 is 29.0. The van der Waals surface area contributed by atoms with Gasteiger partial charge in [0.2, 0.25) is 28.9 Å². The van der Waals surface area contributed by atoms with Crippen molar-refractivity contribution in [1.29, 1.82) is 0 Å². The Morgan fingerprint density at radius 1 is 0.854 bits per heavy atom. The highest BCUT2D eigenvalue weighted by Gasteiger charge is 2.31. The number of ether oxygens (including phenoxy) is 4. The van der Waals surface area contributed by atoms with Gasteiger partial charge in [0.25, 0.3) is 0 Å². The van der Waals surface area contributed by atoms with Gasteiger partial charge in [0.1, 0.15) is 11.5 Å². The number of carbonyl (C=O) groups is 3. The largest absolute Gasteiger partial charge is 0.497 e. The van der Waals surface area contributed by atoms with Crippen LogP contribution in [-0.2, 0) is 27.2 Å². The molecule has 0 bridgehead atoms. The fourth-order valence-corrected chi connectivity index (χ4v) is 6.20. The molecule has 5 rings (SSSR count). The molecule has 1 aliphatic carbocycles. The molecule has 12 nitrogen and oxygen atoms in total. The number of hydrogen-bond acceptors (Lipinski definition) is 9. The molecular weight excluding hydrogens is 618 g/mol. The zero-order valence-corrected chi connectivity index (χ0v) is 27.8. The Morgan fingerprint density at radius 2 is 1.56 bits per heavy atom. The van der Waals surface area contributed by atoms with Crippen molar-refractivity contribution in [1.82, 2.24) is 16.0 Å². The van der Waals surface area contributed by atoms with Gasteiger partial charge in [0, 0.05) is 49.0 Å². The number of rotatable bonds is 11. The highest BCUT2D eigenvalue weighted by atomic mass is 16.5. The maximum Gasteiger partial charge on any atom is 0.224 e. The molecule has 48 heavy (non-hydrogen) atoms. The second-order valence-electron chi connectivity index (χ2n) is 11.4. The van der Waals surface area contributed by atoms with E-state index in [2.05, 4.69) is 16.0 Å². The van der Waals surface area contributed by atoms with Crippen LogP contribution in [0.25, 0.3) is 33.4 Å². The molecule has 0 spiro atoms. The fourth-order valence-electron chi connectivity index (χ4n) is 6.20. The van der Waals surface area contributed by atoms with E-state index in [-0.39, 0.29) is 42.8 Å². The van der Waals surface area contributed by atoms with Crippen molar-refractivity contribution in [2.24, 2.45) is 0 Å². The first-order valence-corrected chi connectivity index (χ1v) is 15.5. The van der Waals surface area contributed by atoms with Gasteiger partial charge in [-0.2, -0.15) is 0 Å². The van der Waals surface area contributed by atoms with Gasteiger partial charge in [0.05, 0.1) is 40.9 Å². The van der Waals surface area contributed by atoms with E-state index >= 15 is 0 Å². The van der Waals surface area contributed by atoms with Crippen LogP contribution in [0.1, 0.15) is 43.0 Å². The van der Waals surface area contributed by atoms with E-state index in [4.69, 9.17) is 23.4 Å². The van der Waals surface area contributed by atoms with Crippen molar-refractivity contribution in [3.63, 3.8) is 0 Å². The number of aryl methyl sites for hydroxylation is 1. The number of fused-ring (bicyclic) bond motifs is 4. The van der Waals surface area contributed by atoms with Crippen molar-refractivity contribution in [2.75, 3.05) is 41.5 Å². The van der Waals surface area contributed by atoms with E-state index in [9.17, 15) is 19.2 Å². The number of furan rings is 1. The number of carbonyl (C=O) groups excluding carboxylic acids is 3. The standard InChI is InChI=1S/C36H39N3O9/c1-19(40)37-13-14-38-31(43)18-27-26-16-25-24(17-29(42)34(26)48-33(27)21-7-10-23(44-3)11-8-21)28(39-20(2)41)12-9-22-15-30(45-4)35(46-5)36(47-6)32(22)25/h7-8,10-11,15-17,28H,9,12-14,18H2,1-6H3,(H,37,40)(H,38,43)(H,39,41)/t28-/m0/s1. The van der Waals surface area contributed by atoms with Gasteiger partial charge in [-0.3, -0.25) is 19.2 Å². The maximum atomic E-state index is 14.1. The van der Waals surface area contributed by atoms with Gasteiger partial charge in [-0.1, -0.05) is 0 Å². The monoisotopic (exact) mass is 657 g/mol. The fraction of sp³-hybridized carbons (Fsp3) is 0.333. The van der Waals surface area contributed by atoms with Crippen LogP contribution in [0.3, 0.4) is 0 Å². The molecule has 0 saturated heterocycles. The average Bonchev–Trinajstić information content (AvgIpc) is 3.27. The molecule has 1 aliphatic rings. The Labute approximate surface area is 277 Å². The third-order valence-electron chi connectivity index (χ3n) is 8.30. The number of nitrogens with one attached hydrogen (secondary N) is 3. The Bertz CT molecular complexity index is 1930. The van der Waals surface area contributed by atoms with Crippen LogP contribution >= 0.6 is 0 Å². The number of methoxy groups -OCH3 is 4. The summed E-state index contributed by atoms with van der Waals surface area (Å²) >= 11 is 0. The summed E-state index contributed by atoms with van der Waals surface area (Å²) in [6, 6.07) is 11.8. The summed E-state index contributed by atoms with van der Waals surface area (Å²) in [5, 5.41) is 8.92. The van der Waals surface area contributed by atoms with E-state index in [1.807, 2.05) is 12.1 Å². The molecular formula is C36H39N3O9. The van der Waals surface area contributed by atoms with Crippen LogP contribution in [0.4, 0.5) is 0 Å². The van der Waals surface area contributed by atoms with Crippen LogP contribution in [0.15, 0.2) is 51.7 Å². The Morgan fingerprint density at radius 3 is 2.19 bits per heavy atom. The summed E-state index contributed by atoms with van der Waals surface area (Å²) in [5.41, 5.74) is 3.48. The molecule has 4 aromatic rings. The van der Waals surface area contributed by atoms with Crippen molar-refractivity contribution >= 4 is 28.7 Å². The third kappa shape index (κ3) is 6.78. The molecule has 3 N–H and O–H groups in total. The molecule has 0 saturated carbocycles. The zero-order valence-electron chi connectivity index (χ0n) is 27.8. The quantitative estimate of drug-likeness (QED) is 0.203. The maximum absolute atomic E-state index is 14.1. The van der Waals surface area contributed by atoms with E-state index in [0.717, 1.165) is 5.56 Å². The first-order valence-electron chi connectivity index (χ1n) is 15.5. The Balaban J connectivity index is 1.81. The van der Waals surface area contributed by atoms with E-state index < -0.39 is 11.5 Å². The lowest BCUT2D eigenvalue weighted by molar-refractivity contribution is -0.121. The predicted octanol–water partition coefficient (Wildman–Crippen LogP) is 4.08. The number of amides is 3. The van der Waals surface area contributed by atoms with Crippen LogP contribution in [0.5, 0.6) is 23.0 Å². The van der Waals surface area contributed by atoms with Crippen LogP contribution in [-0.4, -0.2) is 59.3 Å². The normalized spacial score (nSPS) is 13.4. The van der Waals surface area contributed by atoms with Gasteiger partial charge in [-0.15, -0.1) is 0 Å². The minimum Gasteiger partial charge on any atom is -0.497 e. The Hall–Kier alpha value is -5.52. The number of benzene rings is 2. The molecule has 0 aliphatic heterocycles. The van der Waals surface area contributed by atoms with Crippen molar-refractivity contribution < 1.29 is 37.7 Å².